The fourth-order valence-corrected chi connectivity index (χ4v) is 0.519. The second-order valence-corrected chi connectivity index (χ2v) is 2.02. The van der Waals surface area contributed by atoms with Crippen LogP contribution < -0.4 is 0 Å². The topological polar surface area (TPSA) is 43.1 Å². The highest BCUT2D eigenvalue weighted by atomic mass is 16.6. The van der Waals surface area contributed by atoms with Crippen LogP contribution in [0.2, 0.25) is 0 Å². The van der Waals surface area contributed by atoms with Gasteiger partial charge in [-0.3, -0.25) is 10.1 Å². The third-order valence-corrected chi connectivity index (χ3v) is 1.01. The summed E-state index contributed by atoms with van der Waals surface area (Å²) in [7, 11) is 0. The van der Waals surface area contributed by atoms with Crippen LogP contribution in [0.4, 0.5) is 0 Å². The summed E-state index contributed by atoms with van der Waals surface area (Å²) >= 11 is 0. The molecule has 0 unspecified atom stereocenters. The number of nitrogens with zero attached hydrogens (tertiary/aromatic N) is 1. The van der Waals surface area contributed by atoms with Gasteiger partial charge in [0, 0.05) is 6.08 Å². The largest absolute Gasteiger partial charge is 0.259 e. The molecule has 0 aromatic heterocycles. The van der Waals surface area contributed by atoms with Crippen molar-refractivity contribution in [2.75, 3.05) is 0 Å². The van der Waals surface area contributed by atoms with Crippen molar-refractivity contribution in [1.82, 2.24) is 0 Å². The molecule has 13 heavy (non-hydrogen) atoms. The molecule has 0 aromatic rings. The highest BCUT2D eigenvalue weighted by Crippen LogP contribution is 1.82. The molecule has 0 aliphatic rings. The molecule has 68 valence electrons. The van der Waals surface area contributed by atoms with E-state index in [0.29, 0.717) is 0 Å². The van der Waals surface area contributed by atoms with E-state index in [9.17, 15) is 10.1 Å². The summed E-state index contributed by atoms with van der Waals surface area (Å²) in [6, 6.07) is 0. The Morgan fingerprint density at radius 2 is 1.38 bits per heavy atom. The molecular weight excluding hydrogens is 166 g/mol. The Balaban J connectivity index is 3.75. The summed E-state index contributed by atoms with van der Waals surface area (Å²) in [5, 5.41) is 9.82. The Morgan fingerprint density at radius 3 is 1.85 bits per heavy atom. The molecule has 0 bridgehead atoms. The van der Waals surface area contributed by atoms with E-state index in [4.69, 9.17) is 0 Å². The Hall–Kier alpha value is -1.90. The minimum atomic E-state index is -0.508. The van der Waals surface area contributed by atoms with Crippen LogP contribution in [0.1, 0.15) is 0 Å². The molecule has 0 saturated heterocycles. The molecule has 0 amide bonds. The lowest BCUT2D eigenvalue weighted by atomic mass is 10.4. The highest BCUT2D eigenvalue weighted by molar-refractivity contribution is 5.16. The molecule has 0 rings (SSSR count). The van der Waals surface area contributed by atoms with Crippen LogP contribution in [0.25, 0.3) is 0 Å². The summed E-state index contributed by atoms with van der Waals surface area (Å²) in [6.07, 6.45) is 14.4. The Kier molecular flexibility index (Phi) is 7.00. The van der Waals surface area contributed by atoms with Crippen LogP contribution in [0, 0.1) is 10.1 Å². The number of allylic oxidation sites excluding steroid dienone is 8. The predicted molar refractivity (Wildman–Crippen MR) is 53.8 cm³/mol. The fraction of sp³-hybridized carbons (Fsp3) is 0. The van der Waals surface area contributed by atoms with Gasteiger partial charge in [0.2, 0.25) is 6.20 Å². The second-order valence-electron chi connectivity index (χ2n) is 2.02. The van der Waals surface area contributed by atoms with Gasteiger partial charge in [0.1, 0.15) is 0 Å². The number of hydrogen-bond donors (Lipinski definition) is 0. The van der Waals surface area contributed by atoms with Crippen molar-refractivity contribution in [3.63, 3.8) is 0 Å². The monoisotopic (exact) mass is 177 g/mol. The number of hydrogen-bond acceptors (Lipinski definition) is 2. The maximum absolute atomic E-state index is 9.82. The molecule has 0 radical (unpaired) electrons. The second kappa shape index (κ2) is 8.20. The molecule has 0 saturated carbocycles. The third kappa shape index (κ3) is 10.1. The zero-order valence-electron chi connectivity index (χ0n) is 7.17. The molecule has 0 fully saturated rings. The van der Waals surface area contributed by atoms with E-state index in [-0.39, 0.29) is 0 Å². The van der Waals surface area contributed by atoms with Gasteiger partial charge in [0.25, 0.3) is 0 Å². The molecule has 3 heteroatoms. The molecular formula is C10H11NO2. The van der Waals surface area contributed by atoms with Gasteiger partial charge in [-0.25, -0.2) is 0 Å². The fourth-order valence-electron chi connectivity index (χ4n) is 0.519. The summed E-state index contributed by atoms with van der Waals surface area (Å²) in [5.74, 6) is 0. The highest BCUT2D eigenvalue weighted by Gasteiger charge is 1.77. The summed E-state index contributed by atoms with van der Waals surface area (Å²) in [6.45, 7) is 3.50. The first-order chi connectivity index (χ1) is 6.27. The van der Waals surface area contributed by atoms with Gasteiger partial charge in [-0.2, -0.15) is 0 Å². The SMILES string of the molecule is C=C/C=C/C=C/C=C/C=C/[N+](=O)[O-]. The van der Waals surface area contributed by atoms with Gasteiger partial charge in [0.05, 0.1) is 4.92 Å². The zero-order valence-corrected chi connectivity index (χ0v) is 7.17. The van der Waals surface area contributed by atoms with Crippen LogP contribution in [-0.4, -0.2) is 4.92 Å². The van der Waals surface area contributed by atoms with Crippen LogP contribution >= 0.6 is 0 Å². The summed E-state index contributed by atoms with van der Waals surface area (Å²) < 4.78 is 0. The normalized spacial score (nSPS) is 12.3. The lowest BCUT2D eigenvalue weighted by Crippen LogP contribution is -1.80. The molecule has 0 N–H and O–H groups in total. The maximum Gasteiger partial charge on any atom is 0.234 e. The quantitative estimate of drug-likeness (QED) is 0.368. The molecule has 0 heterocycles. The lowest BCUT2D eigenvalue weighted by molar-refractivity contribution is -0.402. The minimum Gasteiger partial charge on any atom is -0.259 e. The van der Waals surface area contributed by atoms with E-state index >= 15 is 0 Å². The standard InChI is InChI=1S/C10H11NO2/c1-2-3-4-5-6-7-8-9-10-11(12)13/h2-10H,1H2/b4-3+,6-5+,8-7+,10-9+. The minimum absolute atomic E-state index is 0.508. The summed E-state index contributed by atoms with van der Waals surface area (Å²) in [5.41, 5.74) is 0. The molecule has 3 nitrogen and oxygen atoms in total. The average molecular weight is 177 g/mol. The van der Waals surface area contributed by atoms with E-state index in [1.807, 2.05) is 6.08 Å². The number of rotatable bonds is 5. The van der Waals surface area contributed by atoms with Gasteiger partial charge < -0.3 is 0 Å². The molecule has 0 aromatic carbocycles. The smallest absolute Gasteiger partial charge is 0.234 e. The van der Waals surface area contributed by atoms with Crippen molar-refractivity contribution in [2.45, 2.75) is 0 Å². The Bertz CT molecular complexity index is 273. The van der Waals surface area contributed by atoms with Gasteiger partial charge in [-0.05, 0) is 0 Å². The lowest BCUT2D eigenvalue weighted by Gasteiger charge is -1.74. The van der Waals surface area contributed by atoms with E-state index in [1.165, 1.54) is 6.08 Å². The molecule has 0 aliphatic heterocycles. The number of nitro groups is 1. The van der Waals surface area contributed by atoms with Gasteiger partial charge in [-0.1, -0.05) is 49.1 Å². The van der Waals surface area contributed by atoms with E-state index in [1.54, 1.807) is 36.5 Å². The van der Waals surface area contributed by atoms with Crippen molar-refractivity contribution in [3.05, 3.63) is 71.5 Å². The predicted octanol–water partition coefficient (Wildman–Crippen LogP) is 2.63. The first kappa shape index (κ1) is 11.1. The van der Waals surface area contributed by atoms with Crippen molar-refractivity contribution in [1.29, 1.82) is 0 Å². The van der Waals surface area contributed by atoms with Crippen molar-refractivity contribution in [2.24, 2.45) is 0 Å². The molecule has 0 atom stereocenters. The van der Waals surface area contributed by atoms with Crippen LogP contribution in [-0.2, 0) is 0 Å². The summed E-state index contributed by atoms with van der Waals surface area (Å²) in [4.78, 5) is 9.31. The van der Waals surface area contributed by atoms with Crippen molar-refractivity contribution in [3.8, 4) is 0 Å². The van der Waals surface area contributed by atoms with Crippen LogP contribution in [0.3, 0.4) is 0 Å². The first-order valence-corrected chi connectivity index (χ1v) is 3.70. The van der Waals surface area contributed by atoms with Gasteiger partial charge >= 0.3 is 0 Å². The Labute approximate surface area is 77.2 Å². The molecule has 0 aliphatic carbocycles. The van der Waals surface area contributed by atoms with E-state index < -0.39 is 4.92 Å². The first-order valence-electron chi connectivity index (χ1n) is 3.70. The average Bonchev–Trinajstić information content (AvgIpc) is 2.09. The molecule has 0 spiro atoms. The van der Waals surface area contributed by atoms with Crippen molar-refractivity contribution >= 4 is 0 Å². The van der Waals surface area contributed by atoms with Gasteiger partial charge in [-0.15, -0.1) is 0 Å². The maximum atomic E-state index is 9.82. The van der Waals surface area contributed by atoms with E-state index in [2.05, 4.69) is 6.58 Å². The third-order valence-electron chi connectivity index (χ3n) is 1.01. The van der Waals surface area contributed by atoms with E-state index in [0.717, 1.165) is 6.20 Å². The zero-order chi connectivity index (χ0) is 9.94. The van der Waals surface area contributed by atoms with Crippen LogP contribution in [0.15, 0.2) is 61.4 Å². The Morgan fingerprint density at radius 1 is 0.923 bits per heavy atom. The van der Waals surface area contributed by atoms with Crippen molar-refractivity contribution < 1.29 is 4.92 Å². The van der Waals surface area contributed by atoms with Gasteiger partial charge in [0.15, 0.2) is 0 Å². The van der Waals surface area contributed by atoms with Crippen LogP contribution in [0.5, 0.6) is 0 Å².